The number of nitrogens with zero attached hydrogens (tertiary/aromatic N) is 2. The highest BCUT2D eigenvalue weighted by Gasteiger charge is 2.31. The Kier molecular flexibility index (Phi) is 3.51. The standard InChI is InChI=1S/C11H7BrF3N3/c12-8-6-16-4-3-9(8)18-7-1-2-10(17-5-7)11(13,14)15/h1-6H,(H,16,18). The van der Waals surface area contributed by atoms with Crippen molar-refractivity contribution in [3.8, 4) is 0 Å². The molecule has 0 bridgehead atoms. The highest BCUT2D eigenvalue weighted by molar-refractivity contribution is 9.10. The molecule has 18 heavy (non-hydrogen) atoms. The van der Waals surface area contributed by atoms with Crippen molar-refractivity contribution in [2.75, 3.05) is 5.32 Å². The monoisotopic (exact) mass is 317 g/mol. The van der Waals surface area contributed by atoms with Crippen LogP contribution in [-0.2, 0) is 6.18 Å². The first-order valence-electron chi connectivity index (χ1n) is 4.86. The fourth-order valence-corrected chi connectivity index (χ4v) is 1.62. The van der Waals surface area contributed by atoms with Crippen molar-refractivity contribution in [1.29, 1.82) is 0 Å². The van der Waals surface area contributed by atoms with Crippen molar-refractivity contribution in [3.05, 3.63) is 47.0 Å². The quantitative estimate of drug-likeness (QED) is 0.909. The molecular formula is C11H7BrF3N3. The van der Waals surface area contributed by atoms with Gasteiger partial charge in [-0.3, -0.25) is 4.98 Å². The van der Waals surface area contributed by atoms with Gasteiger partial charge in [0.15, 0.2) is 0 Å². The molecule has 0 aliphatic rings. The SMILES string of the molecule is FC(F)(F)c1ccc(Nc2ccncc2Br)cn1. The average molecular weight is 318 g/mol. The van der Waals surface area contributed by atoms with Gasteiger partial charge in [-0.15, -0.1) is 0 Å². The van der Waals surface area contributed by atoms with Crippen LogP contribution in [0.3, 0.4) is 0 Å². The summed E-state index contributed by atoms with van der Waals surface area (Å²) in [7, 11) is 0. The predicted octanol–water partition coefficient (Wildman–Crippen LogP) is 4.00. The number of rotatable bonds is 2. The van der Waals surface area contributed by atoms with Gasteiger partial charge in [-0.25, -0.2) is 4.98 Å². The van der Waals surface area contributed by atoms with Crippen molar-refractivity contribution in [2.45, 2.75) is 6.18 Å². The Morgan fingerprint density at radius 2 is 1.89 bits per heavy atom. The van der Waals surface area contributed by atoms with Crippen molar-refractivity contribution in [3.63, 3.8) is 0 Å². The van der Waals surface area contributed by atoms with E-state index >= 15 is 0 Å². The Bertz CT molecular complexity index is 540. The maximum absolute atomic E-state index is 12.3. The van der Waals surface area contributed by atoms with Crippen molar-refractivity contribution < 1.29 is 13.2 Å². The molecule has 0 aliphatic carbocycles. The zero-order chi connectivity index (χ0) is 13.2. The summed E-state index contributed by atoms with van der Waals surface area (Å²) in [6, 6.07) is 3.95. The van der Waals surface area contributed by atoms with E-state index in [4.69, 9.17) is 0 Å². The van der Waals surface area contributed by atoms with E-state index in [1.807, 2.05) is 0 Å². The number of aromatic nitrogens is 2. The molecule has 2 rings (SSSR count). The minimum atomic E-state index is -4.42. The molecule has 0 radical (unpaired) electrons. The third-order valence-electron chi connectivity index (χ3n) is 2.11. The molecule has 2 aromatic rings. The maximum atomic E-state index is 12.3. The van der Waals surface area contributed by atoms with Crippen LogP contribution >= 0.6 is 15.9 Å². The van der Waals surface area contributed by atoms with Gasteiger partial charge in [0, 0.05) is 12.4 Å². The molecule has 94 valence electrons. The molecule has 0 amide bonds. The molecule has 0 fully saturated rings. The van der Waals surface area contributed by atoms with Crippen LogP contribution in [0.2, 0.25) is 0 Å². The van der Waals surface area contributed by atoms with E-state index in [2.05, 4.69) is 31.2 Å². The molecule has 1 N–H and O–H groups in total. The third-order valence-corrected chi connectivity index (χ3v) is 2.74. The Balaban J connectivity index is 2.19. The molecule has 0 aliphatic heterocycles. The molecule has 2 heterocycles. The Morgan fingerprint density at radius 3 is 2.44 bits per heavy atom. The second-order valence-electron chi connectivity index (χ2n) is 3.41. The first kappa shape index (κ1) is 12.8. The van der Waals surface area contributed by atoms with Gasteiger partial charge in [-0.2, -0.15) is 13.2 Å². The number of hydrogen-bond donors (Lipinski definition) is 1. The van der Waals surface area contributed by atoms with Crippen LogP contribution in [0.1, 0.15) is 5.69 Å². The van der Waals surface area contributed by atoms with E-state index in [1.54, 1.807) is 18.5 Å². The normalized spacial score (nSPS) is 11.3. The second-order valence-corrected chi connectivity index (χ2v) is 4.26. The van der Waals surface area contributed by atoms with E-state index in [-0.39, 0.29) is 0 Å². The van der Waals surface area contributed by atoms with Crippen molar-refractivity contribution >= 4 is 27.3 Å². The van der Waals surface area contributed by atoms with Crippen LogP contribution in [0.5, 0.6) is 0 Å². The van der Waals surface area contributed by atoms with Gasteiger partial charge in [0.25, 0.3) is 0 Å². The molecule has 0 saturated carbocycles. The third kappa shape index (κ3) is 2.98. The fourth-order valence-electron chi connectivity index (χ4n) is 1.27. The zero-order valence-electron chi connectivity index (χ0n) is 8.87. The van der Waals surface area contributed by atoms with Gasteiger partial charge in [-0.1, -0.05) is 0 Å². The number of pyridine rings is 2. The van der Waals surface area contributed by atoms with E-state index in [9.17, 15) is 13.2 Å². The van der Waals surface area contributed by atoms with Gasteiger partial charge in [0.05, 0.1) is 22.0 Å². The molecule has 0 atom stereocenters. The van der Waals surface area contributed by atoms with Gasteiger partial charge in [-0.05, 0) is 34.1 Å². The van der Waals surface area contributed by atoms with Crippen molar-refractivity contribution in [2.24, 2.45) is 0 Å². The summed E-state index contributed by atoms with van der Waals surface area (Å²) in [5.41, 5.74) is 0.253. The highest BCUT2D eigenvalue weighted by atomic mass is 79.9. The molecule has 3 nitrogen and oxygen atoms in total. The fraction of sp³-hybridized carbons (Fsp3) is 0.0909. The first-order chi connectivity index (χ1) is 8.47. The first-order valence-corrected chi connectivity index (χ1v) is 5.66. The number of alkyl halides is 3. The Morgan fingerprint density at radius 1 is 1.11 bits per heavy atom. The highest BCUT2D eigenvalue weighted by Crippen LogP contribution is 2.29. The van der Waals surface area contributed by atoms with E-state index in [1.165, 1.54) is 6.07 Å². The van der Waals surface area contributed by atoms with Crippen LogP contribution in [0.4, 0.5) is 24.5 Å². The smallest absolute Gasteiger partial charge is 0.353 e. The number of anilines is 2. The summed E-state index contributed by atoms with van der Waals surface area (Å²) < 4.78 is 37.6. The van der Waals surface area contributed by atoms with Gasteiger partial charge < -0.3 is 5.32 Å². The lowest BCUT2D eigenvalue weighted by molar-refractivity contribution is -0.141. The molecule has 0 saturated heterocycles. The minimum Gasteiger partial charge on any atom is -0.353 e. The van der Waals surface area contributed by atoms with Crippen LogP contribution in [0.15, 0.2) is 41.3 Å². The van der Waals surface area contributed by atoms with E-state index < -0.39 is 11.9 Å². The Hall–Kier alpha value is -1.63. The predicted molar refractivity (Wildman–Crippen MR) is 64.5 cm³/mol. The van der Waals surface area contributed by atoms with Gasteiger partial charge in [0.1, 0.15) is 5.69 Å². The number of nitrogens with one attached hydrogen (secondary N) is 1. The number of halogens is 4. The molecule has 0 unspecified atom stereocenters. The lowest BCUT2D eigenvalue weighted by Crippen LogP contribution is -2.07. The molecular weight excluding hydrogens is 311 g/mol. The van der Waals surface area contributed by atoms with E-state index in [0.29, 0.717) is 15.8 Å². The van der Waals surface area contributed by atoms with Crippen LogP contribution in [0, 0.1) is 0 Å². The summed E-state index contributed by atoms with van der Waals surface area (Å²) in [4.78, 5) is 7.24. The zero-order valence-corrected chi connectivity index (χ0v) is 10.5. The van der Waals surface area contributed by atoms with Crippen LogP contribution < -0.4 is 5.32 Å². The number of hydrogen-bond acceptors (Lipinski definition) is 3. The maximum Gasteiger partial charge on any atom is 0.433 e. The van der Waals surface area contributed by atoms with Crippen molar-refractivity contribution in [1.82, 2.24) is 9.97 Å². The van der Waals surface area contributed by atoms with E-state index in [0.717, 1.165) is 12.3 Å². The summed E-state index contributed by atoms with van der Waals surface area (Å²) in [6.45, 7) is 0. The minimum absolute atomic E-state index is 0.468. The Labute approximate surface area is 109 Å². The van der Waals surface area contributed by atoms with Gasteiger partial charge in [0.2, 0.25) is 0 Å². The lowest BCUT2D eigenvalue weighted by atomic mass is 10.3. The summed E-state index contributed by atoms with van der Waals surface area (Å²) in [5.74, 6) is 0. The largest absolute Gasteiger partial charge is 0.433 e. The summed E-state index contributed by atoms with van der Waals surface area (Å²) in [6.07, 6.45) is -0.129. The molecule has 0 spiro atoms. The second kappa shape index (κ2) is 4.93. The average Bonchev–Trinajstić information content (AvgIpc) is 2.32. The summed E-state index contributed by atoms with van der Waals surface area (Å²) >= 11 is 3.27. The lowest BCUT2D eigenvalue weighted by Gasteiger charge is -2.09. The topological polar surface area (TPSA) is 37.8 Å². The van der Waals surface area contributed by atoms with Crippen LogP contribution in [-0.4, -0.2) is 9.97 Å². The molecule has 2 aromatic heterocycles. The van der Waals surface area contributed by atoms with Crippen LogP contribution in [0.25, 0.3) is 0 Å². The molecule has 0 aromatic carbocycles. The summed E-state index contributed by atoms with van der Waals surface area (Å²) in [5, 5.41) is 2.93. The van der Waals surface area contributed by atoms with Gasteiger partial charge >= 0.3 is 6.18 Å². The molecule has 7 heteroatoms.